The summed E-state index contributed by atoms with van der Waals surface area (Å²) >= 11 is 0. The molecule has 0 spiro atoms. The van der Waals surface area contributed by atoms with Crippen LogP contribution in [-0.4, -0.2) is 16.6 Å². The SMILES string of the molecule is Fc1ccc2nc(C3COc4ccccc4O3)[nH]c2c1. The van der Waals surface area contributed by atoms with Crippen molar-refractivity contribution in [2.24, 2.45) is 0 Å². The van der Waals surface area contributed by atoms with Crippen molar-refractivity contribution in [1.29, 1.82) is 0 Å². The molecular formula is C15H11FN2O2. The first kappa shape index (κ1) is 11.3. The van der Waals surface area contributed by atoms with E-state index >= 15 is 0 Å². The van der Waals surface area contributed by atoms with Crippen LogP contribution in [0.5, 0.6) is 11.5 Å². The molecule has 1 aliphatic rings. The quantitative estimate of drug-likeness (QED) is 0.738. The van der Waals surface area contributed by atoms with E-state index < -0.39 is 0 Å². The first-order valence-corrected chi connectivity index (χ1v) is 6.33. The fourth-order valence-corrected chi connectivity index (χ4v) is 2.31. The highest BCUT2D eigenvalue weighted by molar-refractivity contribution is 5.75. The van der Waals surface area contributed by atoms with Crippen LogP contribution >= 0.6 is 0 Å². The maximum atomic E-state index is 13.2. The molecule has 1 aliphatic heterocycles. The van der Waals surface area contributed by atoms with E-state index in [1.165, 1.54) is 12.1 Å². The van der Waals surface area contributed by atoms with Crippen molar-refractivity contribution >= 4 is 11.0 Å². The highest BCUT2D eigenvalue weighted by Crippen LogP contribution is 2.35. The average Bonchev–Trinajstić information content (AvgIpc) is 2.89. The summed E-state index contributed by atoms with van der Waals surface area (Å²) in [4.78, 5) is 7.50. The summed E-state index contributed by atoms with van der Waals surface area (Å²) in [6.45, 7) is 0.374. The number of imidazole rings is 1. The number of para-hydroxylation sites is 2. The molecule has 5 heteroatoms. The summed E-state index contributed by atoms with van der Waals surface area (Å²) in [5, 5.41) is 0. The van der Waals surface area contributed by atoms with Crippen molar-refractivity contribution in [3.63, 3.8) is 0 Å². The molecule has 1 atom stereocenters. The lowest BCUT2D eigenvalue weighted by Gasteiger charge is -2.24. The Morgan fingerprint density at radius 3 is 2.90 bits per heavy atom. The van der Waals surface area contributed by atoms with Crippen LogP contribution in [-0.2, 0) is 0 Å². The van der Waals surface area contributed by atoms with Gasteiger partial charge in [-0.2, -0.15) is 0 Å². The molecule has 1 aromatic heterocycles. The van der Waals surface area contributed by atoms with Crippen LogP contribution in [0.1, 0.15) is 11.9 Å². The van der Waals surface area contributed by atoms with Crippen LogP contribution in [0.15, 0.2) is 42.5 Å². The van der Waals surface area contributed by atoms with Gasteiger partial charge in [0, 0.05) is 0 Å². The first-order valence-electron chi connectivity index (χ1n) is 6.33. The van der Waals surface area contributed by atoms with Gasteiger partial charge in [0.1, 0.15) is 12.4 Å². The van der Waals surface area contributed by atoms with E-state index in [4.69, 9.17) is 9.47 Å². The van der Waals surface area contributed by atoms with E-state index in [1.807, 2.05) is 24.3 Å². The monoisotopic (exact) mass is 270 g/mol. The molecular weight excluding hydrogens is 259 g/mol. The fraction of sp³-hybridized carbons (Fsp3) is 0.133. The predicted molar refractivity (Wildman–Crippen MR) is 71.4 cm³/mol. The van der Waals surface area contributed by atoms with E-state index in [2.05, 4.69) is 9.97 Å². The largest absolute Gasteiger partial charge is 0.485 e. The molecule has 0 aliphatic carbocycles. The number of halogens is 1. The summed E-state index contributed by atoms with van der Waals surface area (Å²) in [5.74, 6) is 1.76. The van der Waals surface area contributed by atoms with Crippen LogP contribution in [0.2, 0.25) is 0 Å². The van der Waals surface area contributed by atoms with Crippen LogP contribution in [0.3, 0.4) is 0 Å². The number of rotatable bonds is 1. The van der Waals surface area contributed by atoms with Gasteiger partial charge in [-0.05, 0) is 30.3 Å². The lowest BCUT2D eigenvalue weighted by molar-refractivity contribution is 0.0859. The minimum atomic E-state index is -0.319. The van der Waals surface area contributed by atoms with Crippen molar-refractivity contribution in [2.45, 2.75) is 6.10 Å². The van der Waals surface area contributed by atoms with E-state index in [-0.39, 0.29) is 11.9 Å². The normalized spacial score (nSPS) is 17.4. The maximum absolute atomic E-state index is 13.2. The van der Waals surface area contributed by atoms with Crippen molar-refractivity contribution in [1.82, 2.24) is 9.97 Å². The van der Waals surface area contributed by atoms with Gasteiger partial charge in [-0.1, -0.05) is 12.1 Å². The smallest absolute Gasteiger partial charge is 0.190 e. The Hall–Kier alpha value is -2.56. The Morgan fingerprint density at radius 2 is 2.00 bits per heavy atom. The zero-order valence-corrected chi connectivity index (χ0v) is 10.5. The molecule has 0 fully saturated rings. The number of benzene rings is 2. The molecule has 0 bridgehead atoms. The number of nitrogens with zero attached hydrogens (tertiary/aromatic N) is 1. The van der Waals surface area contributed by atoms with E-state index in [1.54, 1.807) is 6.07 Å². The Balaban J connectivity index is 1.70. The minimum absolute atomic E-state index is 0.293. The molecule has 0 amide bonds. The molecule has 1 N–H and O–H groups in total. The van der Waals surface area contributed by atoms with E-state index in [9.17, 15) is 4.39 Å². The number of hydrogen-bond acceptors (Lipinski definition) is 3. The van der Waals surface area contributed by atoms with Gasteiger partial charge in [-0.25, -0.2) is 9.37 Å². The third-order valence-electron chi connectivity index (χ3n) is 3.28. The van der Waals surface area contributed by atoms with Gasteiger partial charge in [0.05, 0.1) is 11.0 Å². The molecule has 0 radical (unpaired) electrons. The molecule has 3 aromatic rings. The Kier molecular flexibility index (Phi) is 2.39. The number of nitrogens with one attached hydrogen (secondary N) is 1. The summed E-state index contributed by atoms with van der Waals surface area (Å²) < 4.78 is 24.7. The van der Waals surface area contributed by atoms with E-state index in [0.717, 1.165) is 5.75 Å². The topological polar surface area (TPSA) is 47.1 Å². The summed E-state index contributed by atoms with van der Waals surface area (Å²) in [7, 11) is 0. The van der Waals surface area contributed by atoms with Gasteiger partial charge in [-0.3, -0.25) is 0 Å². The summed E-state index contributed by atoms with van der Waals surface area (Å²) in [6, 6.07) is 11.9. The highest BCUT2D eigenvalue weighted by Gasteiger charge is 2.24. The zero-order valence-electron chi connectivity index (χ0n) is 10.5. The number of hydrogen-bond donors (Lipinski definition) is 1. The van der Waals surface area contributed by atoms with Crippen molar-refractivity contribution < 1.29 is 13.9 Å². The fourth-order valence-electron chi connectivity index (χ4n) is 2.31. The van der Waals surface area contributed by atoms with Gasteiger partial charge < -0.3 is 14.5 Å². The molecule has 2 heterocycles. The van der Waals surface area contributed by atoms with Crippen LogP contribution in [0, 0.1) is 5.82 Å². The predicted octanol–water partition coefficient (Wildman–Crippen LogP) is 3.21. The van der Waals surface area contributed by atoms with Gasteiger partial charge in [0.15, 0.2) is 23.4 Å². The lowest BCUT2D eigenvalue weighted by Crippen LogP contribution is -2.22. The number of fused-ring (bicyclic) bond motifs is 2. The molecule has 0 saturated carbocycles. The second-order valence-electron chi connectivity index (χ2n) is 4.65. The summed E-state index contributed by atoms with van der Waals surface area (Å²) in [5.41, 5.74) is 1.37. The lowest BCUT2D eigenvalue weighted by atomic mass is 10.2. The third kappa shape index (κ3) is 1.79. The molecule has 20 heavy (non-hydrogen) atoms. The van der Waals surface area contributed by atoms with E-state index in [0.29, 0.717) is 29.2 Å². The zero-order chi connectivity index (χ0) is 13.5. The van der Waals surface area contributed by atoms with Crippen molar-refractivity contribution in [3.05, 3.63) is 54.1 Å². The van der Waals surface area contributed by atoms with Crippen molar-refractivity contribution in [3.8, 4) is 11.5 Å². The molecule has 4 nitrogen and oxygen atoms in total. The minimum Gasteiger partial charge on any atom is -0.485 e. The molecule has 2 aromatic carbocycles. The third-order valence-corrected chi connectivity index (χ3v) is 3.28. The van der Waals surface area contributed by atoms with Gasteiger partial charge in [0.2, 0.25) is 0 Å². The molecule has 100 valence electrons. The highest BCUT2D eigenvalue weighted by atomic mass is 19.1. The van der Waals surface area contributed by atoms with Crippen molar-refractivity contribution in [2.75, 3.05) is 6.61 Å². The van der Waals surface area contributed by atoms with Crippen LogP contribution in [0.4, 0.5) is 4.39 Å². The number of H-pyrrole nitrogens is 1. The molecule has 0 saturated heterocycles. The maximum Gasteiger partial charge on any atom is 0.190 e. The molecule has 1 unspecified atom stereocenters. The first-order chi connectivity index (χ1) is 9.79. The average molecular weight is 270 g/mol. The second-order valence-corrected chi connectivity index (χ2v) is 4.65. The Bertz CT molecular complexity index is 784. The Morgan fingerprint density at radius 1 is 1.15 bits per heavy atom. The van der Waals surface area contributed by atoms with Crippen LogP contribution < -0.4 is 9.47 Å². The number of aromatic nitrogens is 2. The second kappa shape index (κ2) is 4.23. The number of aromatic amines is 1. The number of ether oxygens (including phenoxy) is 2. The van der Waals surface area contributed by atoms with Gasteiger partial charge in [-0.15, -0.1) is 0 Å². The summed E-state index contributed by atoms with van der Waals surface area (Å²) in [6.07, 6.45) is -0.319. The van der Waals surface area contributed by atoms with Crippen LogP contribution in [0.25, 0.3) is 11.0 Å². The standard InChI is InChI=1S/C15H11FN2O2/c16-9-5-6-10-11(7-9)18-15(17-10)14-8-19-12-3-1-2-4-13(12)20-14/h1-7,14H,8H2,(H,17,18). The Labute approximate surface area is 114 Å². The van der Waals surface area contributed by atoms with Gasteiger partial charge in [0.25, 0.3) is 0 Å². The molecule has 4 rings (SSSR count). The van der Waals surface area contributed by atoms with Gasteiger partial charge >= 0.3 is 0 Å².